The number of halogens is 2. The minimum atomic E-state index is -0.172. The van der Waals surface area contributed by atoms with Crippen LogP contribution in [0.5, 0.6) is 0 Å². The zero-order chi connectivity index (χ0) is 16.5. The Morgan fingerprint density at radius 2 is 1.36 bits per heavy atom. The fourth-order valence-electron chi connectivity index (χ4n) is 2.41. The van der Waals surface area contributed by atoms with Crippen molar-refractivity contribution in [3.05, 3.63) is 65.2 Å². The fourth-order valence-corrected chi connectivity index (χ4v) is 2.41. The normalized spacial score (nSPS) is 9.52. The van der Waals surface area contributed by atoms with Gasteiger partial charge in [-0.05, 0) is 48.1 Å². The highest BCUT2D eigenvalue weighted by atomic mass is 35.5. The lowest BCUT2D eigenvalue weighted by Gasteiger charge is -2.07. The molecule has 0 unspecified atom stereocenters. The Morgan fingerprint density at radius 1 is 0.880 bits per heavy atom. The summed E-state index contributed by atoms with van der Waals surface area (Å²) >= 11 is 0. The van der Waals surface area contributed by atoms with Crippen LogP contribution in [0.1, 0.15) is 30.0 Å². The molecule has 0 spiro atoms. The molecule has 0 aliphatic rings. The summed E-state index contributed by atoms with van der Waals surface area (Å²) in [4.78, 5) is 11.2. The number of benzene rings is 2. The highest BCUT2D eigenvalue weighted by molar-refractivity contribution is 5.85. The fraction of sp³-hybridized carbons (Fsp3) is 0.316. The van der Waals surface area contributed by atoms with Crippen molar-refractivity contribution in [1.29, 1.82) is 0 Å². The highest BCUT2D eigenvalue weighted by Gasteiger charge is 2.02. The maximum Gasteiger partial charge on any atom is 0.238 e. The number of nitrogens with one attached hydrogen (secondary N) is 2. The smallest absolute Gasteiger partial charge is 0.238 e. The Balaban J connectivity index is 0.00000288. The molecule has 0 aliphatic heterocycles. The standard InChI is InChI=1S/C19H25N3O.2ClH/c1-2-13-21-18-11-9-16(10-12-18)4-3-15-5-7-17(8-6-15)14-19(23)22-20;;/h5-12,21H,2-4,13-14,20H2,1H3,(H,22,23);2*1H. The Hall–Kier alpha value is -1.75. The van der Waals surface area contributed by atoms with Gasteiger partial charge in [0.05, 0.1) is 6.42 Å². The van der Waals surface area contributed by atoms with Gasteiger partial charge in [-0.3, -0.25) is 10.2 Å². The van der Waals surface area contributed by atoms with E-state index in [0.29, 0.717) is 6.42 Å². The monoisotopic (exact) mass is 383 g/mol. The zero-order valence-corrected chi connectivity index (χ0v) is 16.1. The number of hydrazine groups is 1. The summed E-state index contributed by atoms with van der Waals surface area (Å²) < 4.78 is 0. The van der Waals surface area contributed by atoms with E-state index in [4.69, 9.17) is 5.84 Å². The van der Waals surface area contributed by atoms with Gasteiger partial charge in [-0.2, -0.15) is 0 Å². The molecular weight excluding hydrogens is 357 g/mol. The van der Waals surface area contributed by atoms with Crippen LogP contribution in [0.2, 0.25) is 0 Å². The molecule has 0 atom stereocenters. The highest BCUT2D eigenvalue weighted by Crippen LogP contribution is 2.13. The van der Waals surface area contributed by atoms with Crippen LogP contribution in [0, 0.1) is 0 Å². The molecule has 138 valence electrons. The predicted molar refractivity (Wildman–Crippen MR) is 110 cm³/mol. The van der Waals surface area contributed by atoms with Crippen LogP contribution in [0.3, 0.4) is 0 Å². The molecule has 0 bridgehead atoms. The summed E-state index contributed by atoms with van der Waals surface area (Å²) in [6.07, 6.45) is 3.45. The molecule has 4 N–H and O–H groups in total. The number of hydrogen-bond acceptors (Lipinski definition) is 3. The molecule has 2 aromatic rings. The van der Waals surface area contributed by atoms with Crippen LogP contribution in [0.25, 0.3) is 0 Å². The molecule has 0 saturated heterocycles. The van der Waals surface area contributed by atoms with Crippen molar-refractivity contribution in [3.63, 3.8) is 0 Å². The number of anilines is 1. The second kappa shape index (κ2) is 12.6. The Bertz CT molecular complexity index is 616. The summed E-state index contributed by atoms with van der Waals surface area (Å²) in [7, 11) is 0. The van der Waals surface area contributed by atoms with E-state index in [1.54, 1.807) is 0 Å². The lowest BCUT2D eigenvalue weighted by molar-refractivity contribution is -0.120. The minimum absolute atomic E-state index is 0. The third kappa shape index (κ3) is 8.25. The Labute approximate surface area is 162 Å². The summed E-state index contributed by atoms with van der Waals surface area (Å²) in [6.45, 7) is 3.17. The predicted octanol–water partition coefficient (Wildman–Crippen LogP) is 3.67. The van der Waals surface area contributed by atoms with E-state index < -0.39 is 0 Å². The van der Waals surface area contributed by atoms with Crippen LogP contribution in [0.4, 0.5) is 5.69 Å². The zero-order valence-electron chi connectivity index (χ0n) is 14.5. The third-order valence-electron chi connectivity index (χ3n) is 3.78. The van der Waals surface area contributed by atoms with Gasteiger partial charge in [0.15, 0.2) is 0 Å². The first-order chi connectivity index (χ1) is 11.2. The van der Waals surface area contributed by atoms with Crippen molar-refractivity contribution < 1.29 is 4.79 Å². The topological polar surface area (TPSA) is 67.2 Å². The maximum absolute atomic E-state index is 11.2. The van der Waals surface area contributed by atoms with E-state index in [2.05, 4.69) is 54.1 Å². The lowest BCUT2D eigenvalue weighted by Crippen LogP contribution is -2.31. The van der Waals surface area contributed by atoms with Crippen molar-refractivity contribution >= 4 is 36.4 Å². The van der Waals surface area contributed by atoms with Crippen molar-refractivity contribution in [2.75, 3.05) is 11.9 Å². The number of nitrogens with two attached hydrogens (primary N) is 1. The molecule has 0 aliphatic carbocycles. The number of hydrogen-bond donors (Lipinski definition) is 3. The molecule has 0 saturated carbocycles. The summed E-state index contributed by atoms with van der Waals surface area (Å²) in [5, 5.41) is 3.38. The molecule has 2 rings (SSSR count). The van der Waals surface area contributed by atoms with Crippen LogP contribution >= 0.6 is 24.8 Å². The largest absolute Gasteiger partial charge is 0.385 e. The summed E-state index contributed by atoms with van der Waals surface area (Å²) in [5.74, 6) is 4.92. The van der Waals surface area contributed by atoms with Crippen molar-refractivity contribution in [3.8, 4) is 0 Å². The van der Waals surface area contributed by atoms with E-state index >= 15 is 0 Å². The van der Waals surface area contributed by atoms with Crippen LogP contribution in [-0.4, -0.2) is 12.5 Å². The van der Waals surface area contributed by atoms with Gasteiger partial charge in [-0.25, -0.2) is 5.84 Å². The lowest BCUT2D eigenvalue weighted by atomic mass is 10.0. The van der Waals surface area contributed by atoms with Gasteiger partial charge in [0.2, 0.25) is 5.91 Å². The van der Waals surface area contributed by atoms with Gasteiger partial charge in [0.25, 0.3) is 0 Å². The van der Waals surface area contributed by atoms with Gasteiger partial charge in [-0.15, -0.1) is 24.8 Å². The molecule has 4 nitrogen and oxygen atoms in total. The quantitative estimate of drug-likeness (QED) is 0.370. The van der Waals surface area contributed by atoms with Gasteiger partial charge in [-0.1, -0.05) is 43.3 Å². The van der Waals surface area contributed by atoms with Crippen molar-refractivity contribution in [2.45, 2.75) is 32.6 Å². The van der Waals surface area contributed by atoms with Crippen LogP contribution < -0.4 is 16.6 Å². The second-order valence-electron chi connectivity index (χ2n) is 5.68. The number of amides is 1. The van der Waals surface area contributed by atoms with E-state index in [-0.39, 0.29) is 30.7 Å². The van der Waals surface area contributed by atoms with E-state index in [1.165, 1.54) is 16.8 Å². The molecule has 0 heterocycles. The van der Waals surface area contributed by atoms with E-state index in [0.717, 1.165) is 31.4 Å². The Morgan fingerprint density at radius 3 is 1.84 bits per heavy atom. The Kier molecular flexibility index (Phi) is 11.7. The molecule has 2 aromatic carbocycles. The number of carbonyl (C=O) groups is 1. The molecule has 6 heteroatoms. The number of rotatable bonds is 8. The van der Waals surface area contributed by atoms with Gasteiger partial charge < -0.3 is 5.32 Å². The summed E-state index contributed by atoms with van der Waals surface area (Å²) in [6, 6.07) is 16.8. The molecule has 0 fully saturated rings. The molecule has 0 aromatic heterocycles. The number of aryl methyl sites for hydroxylation is 2. The maximum atomic E-state index is 11.2. The number of carbonyl (C=O) groups excluding carboxylic acids is 1. The average Bonchev–Trinajstić information content (AvgIpc) is 2.60. The first-order valence-electron chi connectivity index (χ1n) is 8.11. The van der Waals surface area contributed by atoms with Crippen LogP contribution in [0.15, 0.2) is 48.5 Å². The summed E-state index contributed by atoms with van der Waals surface area (Å²) in [5.41, 5.74) is 6.91. The van der Waals surface area contributed by atoms with Crippen LogP contribution in [-0.2, 0) is 24.1 Å². The van der Waals surface area contributed by atoms with Gasteiger partial charge >= 0.3 is 0 Å². The van der Waals surface area contributed by atoms with E-state index in [1.807, 2.05) is 12.1 Å². The van der Waals surface area contributed by atoms with Crippen molar-refractivity contribution in [2.24, 2.45) is 5.84 Å². The molecule has 1 amide bonds. The first-order valence-corrected chi connectivity index (χ1v) is 8.11. The molecule has 25 heavy (non-hydrogen) atoms. The van der Waals surface area contributed by atoms with Gasteiger partial charge in [0.1, 0.15) is 0 Å². The molecule has 0 radical (unpaired) electrons. The minimum Gasteiger partial charge on any atom is -0.385 e. The average molecular weight is 384 g/mol. The van der Waals surface area contributed by atoms with Gasteiger partial charge in [0, 0.05) is 12.2 Å². The first kappa shape index (κ1) is 23.2. The second-order valence-corrected chi connectivity index (χ2v) is 5.68. The van der Waals surface area contributed by atoms with E-state index in [9.17, 15) is 4.79 Å². The SMILES string of the molecule is CCCNc1ccc(CCc2ccc(CC(=O)NN)cc2)cc1.Cl.Cl. The third-order valence-corrected chi connectivity index (χ3v) is 3.78. The molecular formula is C19H27Cl2N3O. The van der Waals surface area contributed by atoms with Crippen molar-refractivity contribution in [1.82, 2.24) is 5.43 Å².